The fraction of sp³-hybridized carbons (Fsp3) is 0.619. The molecule has 0 aliphatic carbocycles. The van der Waals surface area contributed by atoms with Gasteiger partial charge >= 0.3 is 6.03 Å². The van der Waals surface area contributed by atoms with Crippen molar-refractivity contribution < 1.29 is 14.3 Å². The van der Waals surface area contributed by atoms with E-state index in [-0.39, 0.29) is 23.9 Å². The molecule has 7 nitrogen and oxygen atoms in total. The molecular formula is C21H32N4O3. The van der Waals surface area contributed by atoms with Crippen molar-refractivity contribution in [3.05, 3.63) is 24.3 Å². The van der Waals surface area contributed by atoms with Gasteiger partial charge in [0.15, 0.2) is 0 Å². The van der Waals surface area contributed by atoms with Gasteiger partial charge in [-0.15, -0.1) is 0 Å². The van der Waals surface area contributed by atoms with Crippen molar-refractivity contribution in [2.45, 2.75) is 31.7 Å². The minimum Gasteiger partial charge on any atom is -0.497 e. The van der Waals surface area contributed by atoms with Crippen LogP contribution in [0, 0.1) is 5.92 Å². The molecule has 0 unspecified atom stereocenters. The smallest absolute Gasteiger partial charge is 0.319 e. The number of benzene rings is 1. The molecule has 0 bridgehead atoms. The maximum absolute atomic E-state index is 13.0. The van der Waals surface area contributed by atoms with Crippen molar-refractivity contribution in [1.82, 2.24) is 14.7 Å². The average Bonchev–Trinajstić information content (AvgIpc) is 2.73. The molecule has 2 saturated heterocycles. The molecule has 1 atom stereocenters. The largest absolute Gasteiger partial charge is 0.497 e. The van der Waals surface area contributed by atoms with Crippen LogP contribution in [0.15, 0.2) is 24.3 Å². The van der Waals surface area contributed by atoms with E-state index in [1.54, 1.807) is 26.1 Å². The average molecular weight is 389 g/mol. The minimum absolute atomic E-state index is 0.0333. The Morgan fingerprint density at radius 2 is 1.71 bits per heavy atom. The lowest BCUT2D eigenvalue weighted by Crippen LogP contribution is -2.50. The van der Waals surface area contributed by atoms with E-state index in [1.165, 1.54) is 0 Å². The first-order chi connectivity index (χ1) is 13.5. The van der Waals surface area contributed by atoms with Crippen LogP contribution in [-0.4, -0.2) is 80.1 Å². The Morgan fingerprint density at radius 1 is 1.04 bits per heavy atom. The van der Waals surface area contributed by atoms with Crippen molar-refractivity contribution in [1.29, 1.82) is 0 Å². The van der Waals surface area contributed by atoms with Gasteiger partial charge in [-0.3, -0.25) is 4.79 Å². The lowest BCUT2D eigenvalue weighted by molar-refractivity contribution is -0.138. The zero-order valence-electron chi connectivity index (χ0n) is 17.2. The summed E-state index contributed by atoms with van der Waals surface area (Å²) in [5.74, 6) is 1.12. The first-order valence-electron chi connectivity index (χ1n) is 10.1. The number of likely N-dealkylation sites (tertiary alicyclic amines) is 2. The first kappa shape index (κ1) is 20.3. The van der Waals surface area contributed by atoms with Crippen molar-refractivity contribution in [3.63, 3.8) is 0 Å². The van der Waals surface area contributed by atoms with E-state index < -0.39 is 0 Å². The fourth-order valence-electron chi connectivity index (χ4n) is 4.08. The number of piperidine rings is 2. The van der Waals surface area contributed by atoms with Gasteiger partial charge in [0.2, 0.25) is 5.91 Å². The number of anilines is 1. The van der Waals surface area contributed by atoms with Crippen LogP contribution in [0.25, 0.3) is 0 Å². The van der Waals surface area contributed by atoms with Crippen LogP contribution in [0.1, 0.15) is 25.7 Å². The maximum Gasteiger partial charge on any atom is 0.319 e. The zero-order valence-corrected chi connectivity index (χ0v) is 17.2. The summed E-state index contributed by atoms with van der Waals surface area (Å²) in [6, 6.07) is 8.20. The van der Waals surface area contributed by atoms with Gasteiger partial charge in [0, 0.05) is 57.9 Å². The number of carbonyl (C=O) groups is 2. The first-order valence-corrected chi connectivity index (χ1v) is 10.1. The SMILES string of the molecule is COc1ccc(N[C@H]2CCCN(C(=O)C3CCN(C(=O)N(C)C)CC3)C2)cc1. The van der Waals surface area contributed by atoms with Crippen LogP contribution in [0.5, 0.6) is 5.75 Å². The highest BCUT2D eigenvalue weighted by atomic mass is 16.5. The fourth-order valence-corrected chi connectivity index (χ4v) is 4.08. The second-order valence-electron chi connectivity index (χ2n) is 7.93. The molecule has 154 valence electrons. The van der Waals surface area contributed by atoms with Gasteiger partial charge in [0.1, 0.15) is 5.75 Å². The van der Waals surface area contributed by atoms with Crippen molar-refractivity contribution in [3.8, 4) is 5.75 Å². The molecule has 2 aliphatic rings. The van der Waals surface area contributed by atoms with Crippen LogP contribution < -0.4 is 10.1 Å². The third-order valence-electron chi connectivity index (χ3n) is 5.69. The maximum atomic E-state index is 13.0. The third-order valence-corrected chi connectivity index (χ3v) is 5.69. The van der Waals surface area contributed by atoms with Gasteiger partial charge < -0.3 is 24.8 Å². The second kappa shape index (κ2) is 9.17. The van der Waals surface area contributed by atoms with Crippen LogP contribution in [0.3, 0.4) is 0 Å². The normalized spacial score (nSPS) is 20.6. The third kappa shape index (κ3) is 4.88. The summed E-state index contributed by atoms with van der Waals surface area (Å²) in [6.07, 6.45) is 3.58. The molecule has 2 fully saturated rings. The number of ether oxygens (including phenoxy) is 1. The number of urea groups is 1. The minimum atomic E-state index is 0.0333. The summed E-state index contributed by atoms with van der Waals surface area (Å²) in [5.41, 5.74) is 1.05. The highest BCUT2D eigenvalue weighted by Gasteiger charge is 2.32. The molecule has 7 heteroatoms. The molecule has 28 heavy (non-hydrogen) atoms. The topological polar surface area (TPSA) is 65.1 Å². The summed E-state index contributed by atoms with van der Waals surface area (Å²) in [4.78, 5) is 30.5. The molecule has 0 radical (unpaired) electrons. The highest BCUT2D eigenvalue weighted by molar-refractivity contribution is 5.80. The zero-order chi connectivity index (χ0) is 20.1. The summed E-state index contributed by atoms with van der Waals surface area (Å²) in [5, 5.41) is 3.55. The predicted octanol–water partition coefficient (Wildman–Crippen LogP) is 2.49. The van der Waals surface area contributed by atoms with Crippen LogP contribution in [0.2, 0.25) is 0 Å². The molecular weight excluding hydrogens is 356 g/mol. The summed E-state index contributed by atoms with van der Waals surface area (Å²) < 4.78 is 5.20. The number of nitrogens with zero attached hydrogens (tertiary/aromatic N) is 3. The molecule has 0 saturated carbocycles. The number of hydrogen-bond donors (Lipinski definition) is 1. The van der Waals surface area contributed by atoms with Gasteiger partial charge in [-0.25, -0.2) is 4.79 Å². The van der Waals surface area contributed by atoms with E-state index in [0.717, 1.165) is 50.2 Å². The van der Waals surface area contributed by atoms with Crippen LogP contribution >= 0.6 is 0 Å². The molecule has 1 aromatic rings. The molecule has 0 aromatic heterocycles. The number of hydrogen-bond acceptors (Lipinski definition) is 4. The summed E-state index contributed by atoms with van der Waals surface area (Å²) in [7, 11) is 5.19. The quantitative estimate of drug-likeness (QED) is 0.861. The summed E-state index contributed by atoms with van der Waals surface area (Å²) in [6.45, 7) is 2.89. The van der Waals surface area contributed by atoms with E-state index in [2.05, 4.69) is 5.32 Å². The van der Waals surface area contributed by atoms with Crippen molar-refractivity contribution in [2.75, 3.05) is 52.7 Å². The summed E-state index contributed by atoms with van der Waals surface area (Å²) >= 11 is 0. The van der Waals surface area contributed by atoms with E-state index in [0.29, 0.717) is 13.1 Å². The van der Waals surface area contributed by atoms with E-state index in [1.807, 2.05) is 34.1 Å². The molecule has 2 heterocycles. The lowest BCUT2D eigenvalue weighted by atomic mass is 9.94. The van der Waals surface area contributed by atoms with E-state index in [9.17, 15) is 9.59 Å². The Kier molecular flexibility index (Phi) is 6.65. The molecule has 3 amide bonds. The molecule has 0 spiro atoms. The Balaban J connectivity index is 1.51. The van der Waals surface area contributed by atoms with Crippen LogP contribution in [-0.2, 0) is 4.79 Å². The van der Waals surface area contributed by atoms with Gasteiger partial charge in [-0.1, -0.05) is 0 Å². The van der Waals surface area contributed by atoms with Crippen molar-refractivity contribution in [2.24, 2.45) is 5.92 Å². The van der Waals surface area contributed by atoms with E-state index in [4.69, 9.17) is 4.74 Å². The lowest BCUT2D eigenvalue weighted by Gasteiger charge is -2.38. The predicted molar refractivity (Wildman–Crippen MR) is 110 cm³/mol. The second-order valence-corrected chi connectivity index (χ2v) is 7.93. The number of nitrogens with one attached hydrogen (secondary N) is 1. The molecule has 3 rings (SSSR count). The van der Waals surface area contributed by atoms with Crippen LogP contribution in [0.4, 0.5) is 10.5 Å². The van der Waals surface area contributed by atoms with Gasteiger partial charge in [-0.05, 0) is 49.9 Å². The number of carbonyl (C=O) groups excluding carboxylic acids is 2. The number of amides is 3. The van der Waals surface area contributed by atoms with E-state index >= 15 is 0 Å². The molecule has 1 N–H and O–H groups in total. The standard InChI is InChI=1S/C21H32N4O3/c1-23(2)21(27)24-13-10-16(11-14-24)20(26)25-12-4-5-18(15-25)22-17-6-8-19(28-3)9-7-17/h6-9,16,18,22H,4-5,10-15H2,1-3H3/t18-/m0/s1. The highest BCUT2D eigenvalue weighted by Crippen LogP contribution is 2.24. The van der Waals surface area contributed by atoms with Gasteiger partial charge in [0.05, 0.1) is 7.11 Å². The molecule has 1 aromatic carbocycles. The Labute approximate surface area is 167 Å². The number of rotatable bonds is 4. The monoisotopic (exact) mass is 388 g/mol. The Morgan fingerprint density at radius 3 is 2.32 bits per heavy atom. The van der Waals surface area contributed by atoms with Gasteiger partial charge in [0.25, 0.3) is 0 Å². The number of methoxy groups -OCH3 is 1. The Hall–Kier alpha value is -2.44. The van der Waals surface area contributed by atoms with Gasteiger partial charge in [-0.2, -0.15) is 0 Å². The van der Waals surface area contributed by atoms with Crippen molar-refractivity contribution >= 4 is 17.6 Å². The Bertz CT molecular complexity index is 669. The molecule has 2 aliphatic heterocycles.